The number of rotatable bonds is 7. The first-order chi connectivity index (χ1) is 18.0. The highest BCUT2D eigenvalue weighted by Gasteiger charge is 2.23. The summed E-state index contributed by atoms with van der Waals surface area (Å²) in [4.78, 5) is 34.1. The number of nitrogens with one attached hydrogen (secondary N) is 2. The molecular weight excluding hydrogens is 481 g/mol. The van der Waals surface area contributed by atoms with Crippen molar-refractivity contribution in [2.24, 2.45) is 5.92 Å². The molecular formula is C24H24FN9O3. The number of hydrogen-bond acceptors (Lipinski definition) is 8. The van der Waals surface area contributed by atoms with Crippen molar-refractivity contribution in [3.8, 4) is 0 Å². The van der Waals surface area contributed by atoms with Gasteiger partial charge in [0.1, 0.15) is 12.4 Å². The van der Waals surface area contributed by atoms with Crippen molar-refractivity contribution in [2.45, 2.75) is 19.5 Å². The summed E-state index contributed by atoms with van der Waals surface area (Å²) in [6.45, 7) is 2.32. The molecule has 0 radical (unpaired) electrons. The summed E-state index contributed by atoms with van der Waals surface area (Å²) in [5, 5.41) is 15.5. The maximum absolute atomic E-state index is 14.4. The van der Waals surface area contributed by atoms with E-state index in [1.165, 1.54) is 17.0 Å². The van der Waals surface area contributed by atoms with Crippen LogP contribution in [0.15, 0.2) is 43.0 Å². The Morgan fingerprint density at radius 1 is 1.16 bits per heavy atom. The number of anilines is 3. The Balaban J connectivity index is 1.19. The van der Waals surface area contributed by atoms with Crippen LogP contribution in [-0.2, 0) is 27.4 Å². The molecule has 0 aliphatic carbocycles. The molecule has 1 atom stereocenters. The molecule has 6 rings (SSSR count). The average Bonchev–Trinajstić information content (AvgIpc) is 3.60. The Morgan fingerprint density at radius 2 is 2.08 bits per heavy atom. The van der Waals surface area contributed by atoms with E-state index in [1.54, 1.807) is 34.0 Å². The molecule has 2 N–H and O–H groups in total. The van der Waals surface area contributed by atoms with Gasteiger partial charge >= 0.3 is 0 Å². The molecule has 37 heavy (non-hydrogen) atoms. The number of nitrogens with zero attached hydrogens (tertiary/aromatic N) is 7. The van der Waals surface area contributed by atoms with Gasteiger partial charge in [-0.2, -0.15) is 15.2 Å². The molecule has 3 aromatic heterocycles. The molecule has 2 saturated heterocycles. The summed E-state index contributed by atoms with van der Waals surface area (Å²) in [5.41, 5.74) is 2.43. The van der Waals surface area contributed by atoms with Crippen LogP contribution >= 0.6 is 0 Å². The maximum Gasteiger partial charge on any atom is 0.253 e. The highest BCUT2D eigenvalue weighted by Crippen LogP contribution is 2.23. The van der Waals surface area contributed by atoms with Crippen LogP contribution in [-0.4, -0.2) is 67.6 Å². The molecule has 2 aliphatic rings. The third kappa shape index (κ3) is 4.98. The average molecular weight is 506 g/mol. The van der Waals surface area contributed by atoms with Crippen LogP contribution in [0, 0.1) is 11.7 Å². The first-order valence-corrected chi connectivity index (χ1v) is 11.9. The number of carbonyl (C=O) groups is 2. The van der Waals surface area contributed by atoms with E-state index in [2.05, 4.69) is 30.8 Å². The minimum atomic E-state index is -0.435. The Labute approximate surface area is 210 Å². The number of fused-ring (bicyclic) bond motifs is 1. The van der Waals surface area contributed by atoms with Gasteiger partial charge in [0.2, 0.25) is 11.9 Å². The molecule has 5 heterocycles. The van der Waals surface area contributed by atoms with Crippen molar-refractivity contribution in [2.75, 3.05) is 36.5 Å². The van der Waals surface area contributed by atoms with Crippen molar-refractivity contribution in [1.82, 2.24) is 34.8 Å². The molecule has 0 bridgehead atoms. The number of morpholine rings is 1. The predicted molar refractivity (Wildman–Crippen MR) is 131 cm³/mol. The summed E-state index contributed by atoms with van der Waals surface area (Å²) in [5.74, 6) is 0.0117. The van der Waals surface area contributed by atoms with Crippen LogP contribution in [0.1, 0.15) is 12.0 Å². The lowest BCUT2D eigenvalue weighted by atomic mass is 10.1. The van der Waals surface area contributed by atoms with Gasteiger partial charge in [0, 0.05) is 50.1 Å². The van der Waals surface area contributed by atoms with Gasteiger partial charge in [0.15, 0.2) is 5.65 Å². The Morgan fingerprint density at radius 3 is 2.92 bits per heavy atom. The fourth-order valence-corrected chi connectivity index (χ4v) is 4.60. The zero-order valence-corrected chi connectivity index (χ0v) is 19.8. The topological polar surface area (TPSA) is 132 Å². The zero-order valence-electron chi connectivity index (χ0n) is 19.8. The predicted octanol–water partition coefficient (Wildman–Crippen LogP) is 1.45. The molecule has 1 aromatic carbocycles. The van der Waals surface area contributed by atoms with Gasteiger partial charge in [0.25, 0.3) is 5.91 Å². The van der Waals surface area contributed by atoms with Crippen molar-refractivity contribution < 1.29 is 18.7 Å². The Kier molecular flexibility index (Phi) is 5.96. The molecule has 4 aromatic rings. The summed E-state index contributed by atoms with van der Waals surface area (Å²) < 4.78 is 23.1. The van der Waals surface area contributed by atoms with Crippen LogP contribution in [0.2, 0.25) is 0 Å². The van der Waals surface area contributed by atoms with Crippen molar-refractivity contribution in [1.29, 1.82) is 0 Å². The number of benzene rings is 1. The van der Waals surface area contributed by atoms with Crippen LogP contribution in [0.3, 0.4) is 0 Å². The highest BCUT2D eigenvalue weighted by atomic mass is 19.1. The van der Waals surface area contributed by atoms with E-state index in [9.17, 15) is 14.0 Å². The fraction of sp³-hybridized carbons (Fsp3) is 0.333. The molecule has 0 saturated carbocycles. The van der Waals surface area contributed by atoms with Gasteiger partial charge in [-0.15, -0.1) is 0 Å². The Hall–Kier alpha value is -4.39. The lowest BCUT2D eigenvalue weighted by Crippen LogP contribution is -2.41. The van der Waals surface area contributed by atoms with Crippen LogP contribution in [0.5, 0.6) is 0 Å². The van der Waals surface area contributed by atoms with Gasteiger partial charge in [0.05, 0.1) is 36.6 Å². The molecule has 2 aliphatic heterocycles. The summed E-state index contributed by atoms with van der Waals surface area (Å²) in [7, 11) is 0. The van der Waals surface area contributed by atoms with Crippen LogP contribution in [0.25, 0.3) is 11.0 Å². The normalized spacial score (nSPS) is 18.0. The van der Waals surface area contributed by atoms with Crippen molar-refractivity contribution in [3.05, 3.63) is 54.4 Å². The number of carbonyl (C=O) groups excluding carboxylic acids is 2. The summed E-state index contributed by atoms with van der Waals surface area (Å²) in [6.07, 6.45) is 7.34. The number of aromatic nitrogens is 6. The molecule has 12 nitrogen and oxygen atoms in total. The van der Waals surface area contributed by atoms with E-state index >= 15 is 0 Å². The quantitative estimate of drug-likeness (QED) is 0.386. The second-order valence-corrected chi connectivity index (χ2v) is 9.14. The van der Waals surface area contributed by atoms with Gasteiger partial charge in [-0.25, -0.2) is 14.1 Å². The van der Waals surface area contributed by atoms with E-state index < -0.39 is 5.82 Å². The fourth-order valence-electron chi connectivity index (χ4n) is 4.60. The maximum atomic E-state index is 14.4. The minimum Gasteiger partial charge on any atom is -0.370 e. The largest absolute Gasteiger partial charge is 0.370 e. The van der Waals surface area contributed by atoms with E-state index in [0.29, 0.717) is 61.2 Å². The monoisotopic (exact) mass is 505 g/mol. The third-order valence-electron chi connectivity index (χ3n) is 6.35. The molecule has 190 valence electrons. The van der Waals surface area contributed by atoms with E-state index in [1.807, 2.05) is 6.20 Å². The zero-order chi connectivity index (χ0) is 25.4. The van der Waals surface area contributed by atoms with Crippen LogP contribution in [0.4, 0.5) is 21.7 Å². The lowest BCUT2D eigenvalue weighted by Gasteiger charge is -2.27. The molecule has 2 fully saturated rings. The third-order valence-corrected chi connectivity index (χ3v) is 6.35. The van der Waals surface area contributed by atoms with E-state index in [4.69, 9.17) is 4.74 Å². The van der Waals surface area contributed by atoms with Gasteiger partial charge in [-0.3, -0.25) is 14.3 Å². The summed E-state index contributed by atoms with van der Waals surface area (Å²) >= 11 is 0. The molecule has 0 spiro atoms. The lowest BCUT2D eigenvalue weighted by molar-refractivity contribution is -0.125. The van der Waals surface area contributed by atoms with E-state index in [0.717, 1.165) is 5.39 Å². The smallest absolute Gasteiger partial charge is 0.253 e. The molecule has 2 amide bonds. The van der Waals surface area contributed by atoms with E-state index in [-0.39, 0.29) is 30.9 Å². The van der Waals surface area contributed by atoms with Gasteiger partial charge in [-0.1, -0.05) is 0 Å². The number of ether oxygens (including phenoxy) is 1. The van der Waals surface area contributed by atoms with Crippen LogP contribution < -0.4 is 15.5 Å². The number of halogens is 1. The number of hydrogen-bond donors (Lipinski definition) is 2. The highest BCUT2D eigenvalue weighted by molar-refractivity contribution is 5.95. The van der Waals surface area contributed by atoms with Gasteiger partial charge < -0.3 is 20.3 Å². The standard InChI is InChI=1S/C24H24FN9O3/c25-18-3-15(4-20(6-18)33-1-2-37-14-22(33)36)12-34-23-17(9-29-34)8-27-24(31-23)30-19-10-28-32(13-19)11-16-5-21(35)26-7-16/h3-4,6,8-10,13,16H,1-2,5,7,11-12,14H2,(H,26,35)(H,27,30,31). The van der Waals surface area contributed by atoms with Crippen molar-refractivity contribution >= 4 is 40.2 Å². The van der Waals surface area contributed by atoms with Gasteiger partial charge in [-0.05, 0) is 23.8 Å². The summed E-state index contributed by atoms with van der Waals surface area (Å²) in [6, 6.07) is 4.55. The second kappa shape index (κ2) is 9.58. The Bertz CT molecular complexity index is 1480. The van der Waals surface area contributed by atoms with Crippen molar-refractivity contribution in [3.63, 3.8) is 0 Å². The minimum absolute atomic E-state index is 0.0152. The SMILES string of the molecule is O=C1CC(Cn2cc(Nc3ncc4cnn(Cc5cc(F)cc(N6CCOCC6=O)c5)c4n3)cn2)CN1. The first-order valence-electron chi connectivity index (χ1n) is 11.9. The molecule has 1 unspecified atom stereocenters. The number of amides is 2. The first kappa shape index (κ1) is 23.0. The second-order valence-electron chi connectivity index (χ2n) is 9.14. The molecule has 13 heteroatoms.